The Labute approximate surface area is 145 Å². The third-order valence-electron chi connectivity index (χ3n) is 5.43. The van der Waals surface area contributed by atoms with Crippen molar-refractivity contribution >= 4 is 5.91 Å². The lowest BCUT2D eigenvalue weighted by atomic mass is 9.86. The molecule has 2 heteroatoms. The van der Waals surface area contributed by atoms with Gasteiger partial charge in [0.1, 0.15) is 0 Å². The van der Waals surface area contributed by atoms with Crippen LogP contribution in [0.15, 0.2) is 60.7 Å². The van der Waals surface area contributed by atoms with Crippen molar-refractivity contribution < 1.29 is 4.79 Å². The molecule has 1 saturated heterocycles. The molecule has 1 heterocycles. The number of hydrogen-bond donors (Lipinski definition) is 0. The Bertz CT molecular complexity index is 652. The monoisotopic (exact) mass is 321 g/mol. The first-order chi connectivity index (χ1) is 11.7. The molecule has 2 nitrogen and oxygen atoms in total. The van der Waals surface area contributed by atoms with E-state index in [2.05, 4.69) is 61.2 Å². The summed E-state index contributed by atoms with van der Waals surface area (Å²) in [5.41, 5.74) is 2.59. The lowest BCUT2D eigenvalue weighted by Gasteiger charge is -2.26. The van der Waals surface area contributed by atoms with Crippen molar-refractivity contribution in [3.05, 3.63) is 71.8 Å². The number of carbonyl (C=O) groups excluding carboxylic acids is 1. The number of rotatable bonds is 6. The molecule has 0 spiro atoms. The van der Waals surface area contributed by atoms with Gasteiger partial charge in [-0.3, -0.25) is 4.79 Å². The Morgan fingerprint density at radius 3 is 2.17 bits per heavy atom. The van der Waals surface area contributed by atoms with Crippen LogP contribution in [-0.4, -0.2) is 17.4 Å². The minimum Gasteiger partial charge on any atom is -0.336 e. The number of benzene rings is 2. The SMILES string of the molecule is CC[C@@H](C[C@H]1CCN([C@@H](C)c2ccccc2)C1=O)c1ccccc1. The third kappa shape index (κ3) is 3.53. The van der Waals surface area contributed by atoms with E-state index >= 15 is 0 Å². The molecule has 0 aliphatic carbocycles. The number of hydrogen-bond acceptors (Lipinski definition) is 1. The Balaban J connectivity index is 1.68. The summed E-state index contributed by atoms with van der Waals surface area (Å²) < 4.78 is 0. The molecule has 126 valence electrons. The van der Waals surface area contributed by atoms with Gasteiger partial charge in [-0.15, -0.1) is 0 Å². The van der Waals surface area contributed by atoms with Crippen molar-refractivity contribution in [3.63, 3.8) is 0 Å². The van der Waals surface area contributed by atoms with E-state index in [1.54, 1.807) is 0 Å². The zero-order chi connectivity index (χ0) is 16.9. The van der Waals surface area contributed by atoms with Crippen LogP contribution in [0.4, 0.5) is 0 Å². The maximum absolute atomic E-state index is 12.9. The fourth-order valence-corrected chi connectivity index (χ4v) is 3.88. The maximum Gasteiger partial charge on any atom is 0.226 e. The quantitative estimate of drug-likeness (QED) is 0.718. The average molecular weight is 321 g/mol. The molecule has 1 amide bonds. The molecule has 2 aromatic carbocycles. The van der Waals surface area contributed by atoms with E-state index in [-0.39, 0.29) is 12.0 Å². The molecule has 0 N–H and O–H groups in total. The number of carbonyl (C=O) groups is 1. The highest BCUT2D eigenvalue weighted by Gasteiger charge is 2.35. The maximum atomic E-state index is 12.9. The van der Waals surface area contributed by atoms with Gasteiger partial charge >= 0.3 is 0 Å². The molecular formula is C22H27NO. The highest BCUT2D eigenvalue weighted by atomic mass is 16.2. The van der Waals surface area contributed by atoms with Gasteiger partial charge in [0.05, 0.1) is 6.04 Å². The van der Waals surface area contributed by atoms with Crippen LogP contribution in [0.1, 0.15) is 56.2 Å². The Morgan fingerprint density at radius 1 is 1.00 bits per heavy atom. The molecule has 2 aromatic rings. The minimum atomic E-state index is 0.167. The van der Waals surface area contributed by atoms with Crippen LogP contribution in [0, 0.1) is 5.92 Å². The summed E-state index contributed by atoms with van der Waals surface area (Å²) in [6.45, 7) is 5.25. The second-order valence-corrected chi connectivity index (χ2v) is 6.86. The van der Waals surface area contributed by atoms with Crippen LogP contribution in [0.2, 0.25) is 0 Å². The van der Waals surface area contributed by atoms with Gasteiger partial charge in [0.2, 0.25) is 5.91 Å². The Morgan fingerprint density at radius 2 is 1.58 bits per heavy atom. The normalized spacial score (nSPS) is 20.2. The zero-order valence-electron chi connectivity index (χ0n) is 14.7. The molecular weight excluding hydrogens is 294 g/mol. The van der Waals surface area contributed by atoms with Crippen LogP contribution in [0.3, 0.4) is 0 Å². The van der Waals surface area contributed by atoms with E-state index in [4.69, 9.17) is 0 Å². The van der Waals surface area contributed by atoms with Crippen LogP contribution in [0.25, 0.3) is 0 Å². The van der Waals surface area contributed by atoms with Crippen LogP contribution >= 0.6 is 0 Å². The van der Waals surface area contributed by atoms with E-state index in [0.717, 1.165) is 25.8 Å². The topological polar surface area (TPSA) is 20.3 Å². The minimum absolute atomic E-state index is 0.167. The van der Waals surface area contributed by atoms with Gasteiger partial charge in [-0.05, 0) is 43.2 Å². The first-order valence-corrected chi connectivity index (χ1v) is 9.11. The smallest absolute Gasteiger partial charge is 0.226 e. The molecule has 0 radical (unpaired) electrons. The standard InChI is InChI=1S/C22H27NO/c1-3-18(20-12-8-5-9-13-20)16-21-14-15-23(22(21)24)17(2)19-10-6-4-7-11-19/h4-13,17-18,21H,3,14-16H2,1-2H3/t17-,18-,21+/m0/s1. The van der Waals surface area contributed by atoms with Crippen molar-refractivity contribution in [2.75, 3.05) is 6.54 Å². The summed E-state index contributed by atoms with van der Waals surface area (Å²) in [6.07, 6.45) is 3.04. The van der Waals surface area contributed by atoms with Crippen molar-refractivity contribution in [3.8, 4) is 0 Å². The molecule has 1 fully saturated rings. The highest BCUT2D eigenvalue weighted by Crippen LogP contribution is 2.35. The predicted molar refractivity (Wildman–Crippen MR) is 98.8 cm³/mol. The fourth-order valence-electron chi connectivity index (χ4n) is 3.88. The Hall–Kier alpha value is -2.09. The molecule has 1 aliphatic rings. The van der Waals surface area contributed by atoms with Gasteiger partial charge < -0.3 is 4.90 Å². The van der Waals surface area contributed by atoms with Gasteiger partial charge in [0.15, 0.2) is 0 Å². The van der Waals surface area contributed by atoms with Crippen molar-refractivity contribution in [1.29, 1.82) is 0 Å². The van der Waals surface area contributed by atoms with Gasteiger partial charge in [-0.2, -0.15) is 0 Å². The molecule has 24 heavy (non-hydrogen) atoms. The summed E-state index contributed by atoms with van der Waals surface area (Å²) in [5, 5.41) is 0. The summed E-state index contributed by atoms with van der Waals surface area (Å²) in [7, 11) is 0. The zero-order valence-corrected chi connectivity index (χ0v) is 14.7. The second kappa shape index (κ2) is 7.65. The van der Waals surface area contributed by atoms with Crippen molar-refractivity contribution in [2.24, 2.45) is 5.92 Å². The summed E-state index contributed by atoms with van der Waals surface area (Å²) in [4.78, 5) is 15.0. The molecule has 1 aliphatic heterocycles. The van der Waals surface area contributed by atoms with Gasteiger partial charge in [-0.25, -0.2) is 0 Å². The highest BCUT2D eigenvalue weighted by molar-refractivity contribution is 5.81. The van der Waals surface area contributed by atoms with Gasteiger partial charge in [0.25, 0.3) is 0 Å². The molecule has 0 unspecified atom stereocenters. The van der Waals surface area contributed by atoms with Crippen LogP contribution in [-0.2, 0) is 4.79 Å². The lowest BCUT2D eigenvalue weighted by Crippen LogP contribution is -2.30. The van der Waals surface area contributed by atoms with E-state index in [0.29, 0.717) is 11.8 Å². The molecule has 3 atom stereocenters. The first kappa shape index (κ1) is 16.8. The molecule has 0 bridgehead atoms. The summed E-state index contributed by atoms with van der Waals surface area (Å²) >= 11 is 0. The van der Waals surface area contributed by atoms with E-state index in [1.807, 2.05) is 18.2 Å². The number of likely N-dealkylation sites (tertiary alicyclic amines) is 1. The van der Waals surface area contributed by atoms with Crippen molar-refractivity contribution in [1.82, 2.24) is 4.90 Å². The first-order valence-electron chi connectivity index (χ1n) is 9.11. The number of nitrogens with zero attached hydrogens (tertiary/aromatic N) is 1. The molecule has 0 saturated carbocycles. The average Bonchev–Trinajstić information content (AvgIpc) is 3.01. The molecule has 0 aromatic heterocycles. The van der Waals surface area contributed by atoms with Crippen LogP contribution in [0.5, 0.6) is 0 Å². The van der Waals surface area contributed by atoms with Crippen LogP contribution < -0.4 is 0 Å². The van der Waals surface area contributed by atoms with Gasteiger partial charge in [0, 0.05) is 12.5 Å². The summed E-state index contributed by atoms with van der Waals surface area (Å²) in [5.74, 6) is 0.981. The second-order valence-electron chi connectivity index (χ2n) is 6.86. The van der Waals surface area contributed by atoms with Crippen molar-refractivity contribution in [2.45, 2.75) is 45.1 Å². The largest absolute Gasteiger partial charge is 0.336 e. The lowest BCUT2D eigenvalue weighted by molar-refractivity contribution is -0.133. The van der Waals surface area contributed by atoms with Gasteiger partial charge in [-0.1, -0.05) is 67.6 Å². The third-order valence-corrected chi connectivity index (χ3v) is 5.43. The predicted octanol–water partition coefficient (Wildman–Crippen LogP) is 5.18. The number of amides is 1. The van der Waals surface area contributed by atoms with E-state index in [9.17, 15) is 4.79 Å². The Kier molecular flexibility index (Phi) is 5.34. The fraction of sp³-hybridized carbons (Fsp3) is 0.409. The molecule has 3 rings (SSSR count). The van der Waals surface area contributed by atoms with E-state index < -0.39 is 0 Å². The summed E-state index contributed by atoms with van der Waals surface area (Å²) in [6, 6.07) is 21.1. The van der Waals surface area contributed by atoms with E-state index in [1.165, 1.54) is 11.1 Å².